The van der Waals surface area contributed by atoms with E-state index in [9.17, 15) is 9.59 Å². The minimum Gasteiger partial charge on any atom is -0.494 e. The molecule has 8 heteroatoms. The van der Waals surface area contributed by atoms with Crippen molar-refractivity contribution in [1.82, 2.24) is 4.98 Å². The largest absolute Gasteiger partial charge is 0.494 e. The topological polar surface area (TPSA) is 89.5 Å². The van der Waals surface area contributed by atoms with E-state index in [0.29, 0.717) is 29.1 Å². The lowest BCUT2D eigenvalue weighted by molar-refractivity contribution is 0.101. The van der Waals surface area contributed by atoms with Crippen LogP contribution < -0.4 is 20.1 Å². The molecule has 0 fully saturated rings. The van der Waals surface area contributed by atoms with Gasteiger partial charge in [0, 0.05) is 15.8 Å². The number of halogens is 1. The molecule has 0 unspecified atom stereocenters. The van der Waals surface area contributed by atoms with E-state index in [1.54, 1.807) is 12.1 Å². The van der Waals surface area contributed by atoms with Gasteiger partial charge in [0.2, 0.25) is 0 Å². The van der Waals surface area contributed by atoms with E-state index in [2.05, 4.69) is 45.4 Å². The van der Waals surface area contributed by atoms with Crippen LogP contribution in [0, 0.1) is 0 Å². The molecule has 1 aromatic heterocycles. The Hall–Kier alpha value is -3.39. The van der Waals surface area contributed by atoms with Crippen LogP contribution in [0.2, 0.25) is 0 Å². The van der Waals surface area contributed by atoms with Gasteiger partial charge in [-0.2, -0.15) is 0 Å². The molecule has 0 aliphatic heterocycles. The summed E-state index contributed by atoms with van der Waals surface area (Å²) >= 11 is 3.42. The first-order valence-electron chi connectivity index (χ1n) is 19.7. The van der Waals surface area contributed by atoms with Gasteiger partial charge in [-0.3, -0.25) is 9.59 Å². The molecule has 1 heterocycles. The van der Waals surface area contributed by atoms with Gasteiger partial charge in [0.05, 0.1) is 13.2 Å². The monoisotopic (exact) mass is 763 g/mol. The third kappa shape index (κ3) is 18.6. The van der Waals surface area contributed by atoms with Crippen molar-refractivity contribution in [2.45, 2.75) is 142 Å². The zero-order valence-corrected chi connectivity index (χ0v) is 32.9. The maximum absolute atomic E-state index is 13.1. The van der Waals surface area contributed by atoms with Gasteiger partial charge in [-0.25, -0.2) is 4.98 Å². The highest BCUT2D eigenvalue weighted by Crippen LogP contribution is 2.21. The number of nitrogens with zero attached hydrogens (tertiary/aromatic N) is 1. The first-order chi connectivity index (χ1) is 25.0. The van der Waals surface area contributed by atoms with Crippen LogP contribution in [-0.4, -0.2) is 30.0 Å². The third-order valence-corrected chi connectivity index (χ3v) is 9.47. The number of ether oxygens (including phenoxy) is 2. The van der Waals surface area contributed by atoms with Gasteiger partial charge < -0.3 is 20.1 Å². The number of rotatable bonds is 28. The van der Waals surface area contributed by atoms with Crippen molar-refractivity contribution >= 4 is 39.1 Å². The van der Waals surface area contributed by atoms with Crippen molar-refractivity contribution in [3.05, 3.63) is 76.5 Å². The van der Waals surface area contributed by atoms with Crippen LogP contribution in [0.25, 0.3) is 0 Å². The molecule has 0 radical (unpaired) electrons. The average Bonchev–Trinajstić information content (AvgIpc) is 3.14. The fourth-order valence-corrected chi connectivity index (χ4v) is 6.38. The van der Waals surface area contributed by atoms with Crippen LogP contribution in [0.1, 0.15) is 163 Å². The Kier molecular flexibility index (Phi) is 21.7. The Morgan fingerprint density at radius 3 is 1.16 bits per heavy atom. The van der Waals surface area contributed by atoms with E-state index >= 15 is 0 Å². The van der Waals surface area contributed by atoms with Crippen molar-refractivity contribution in [2.75, 3.05) is 23.8 Å². The summed E-state index contributed by atoms with van der Waals surface area (Å²) in [5.74, 6) is 0.732. The summed E-state index contributed by atoms with van der Waals surface area (Å²) in [5, 5.41) is 5.73. The first-order valence-corrected chi connectivity index (χ1v) is 20.5. The second kappa shape index (κ2) is 26.4. The van der Waals surface area contributed by atoms with Crippen LogP contribution in [0.15, 0.2) is 65.1 Å². The minimum absolute atomic E-state index is 0.131. The van der Waals surface area contributed by atoms with Gasteiger partial charge in [0.25, 0.3) is 11.8 Å². The number of anilines is 2. The van der Waals surface area contributed by atoms with E-state index in [1.165, 1.54) is 116 Å². The zero-order valence-electron chi connectivity index (χ0n) is 31.3. The molecule has 0 saturated heterocycles. The van der Waals surface area contributed by atoms with Crippen molar-refractivity contribution in [3.63, 3.8) is 0 Å². The second-order valence-electron chi connectivity index (χ2n) is 13.6. The Morgan fingerprint density at radius 1 is 0.510 bits per heavy atom. The van der Waals surface area contributed by atoms with Gasteiger partial charge in [0.15, 0.2) is 0 Å². The molecule has 0 aliphatic carbocycles. The van der Waals surface area contributed by atoms with Crippen LogP contribution >= 0.6 is 15.9 Å². The van der Waals surface area contributed by atoms with E-state index < -0.39 is 11.8 Å². The van der Waals surface area contributed by atoms with Gasteiger partial charge in [-0.1, -0.05) is 145 Å². The number of unbranched alkanes of at least 4 members (excludes halogenated alkanes) is 18. The predicted molar refractivity (Wildman–Crippen MR) is 215 cm³/mol. The number of nitrogens with one attached hydrogen (secondary N) is 2. The lowest BCUT2D eigenvalue weighted by atomic mass is 10.1. The minimum atomic E-state index is -0.409. The number of hydrogen-bond acceptors (Lipinski definition) is 5. The number of aromatic nitrogens is 1. The van der Waals surface area contributed by atoms with Gasteiger partial charge >= 0.3 is 0 Å². The van der Waals surface area contributed by atoms with Crippen molar-refractivity contribution in [1.29, 1.82) is 0 Å². The molecule has 2 aromatic carbocycles. The van der Waals surface area contributed by atoms with Gasteiger partial charge in [-0.05, 0) is 73.5 Å². The van der Waals surface area contributed by atoms with Crippen molar-refractivity contribution < 1.29 is 19.1 Å². The summed E-state index contributed by atoms with van der Waals surface area (Å²) in [4.78, 5) is 30.4. The summed E-state index contributed by atoms with van der Waals surface area (Å²) in [6.07, 6.45) is 25.8. The maximum atomic E-state index is 13.1. The number of carbonyl (C=O) groups is 2. The second-order valence-corrected chi connectivity index (χ2v) is 14.5. The quantitative estimate of drug-likeness (QED) is 0.0719. The van der Waals surface area contributed by atoms with Crippen LogP contribution in [0.3, 0.4) is 0 Å². The molecule has 0 saturated carbocycles. The maximum Gasteiger partial charge on any atom is 0.274 e. The number of carbonyl (C=O) groups excluding carboxylic acids is 2. The molecular weight excluding hydrogens is 702 g/mol. The SMILES string of the molecule is CCCCCCCCCCCCOc1ccc(NC(=O)c2cc(Br)cc(C(=O)Nc3ccc(OCCCCCCCCCCCC)cc3)n2)cc1. The molecule has 51 heavy (non-hydrogen) atoms. The average molecular weight is 765 g/mol. The number of amides is 2. The number of pyridine rings is 1. The molecule has 3 aromatic rings. The summed E-state index contributed by atoms with van der Waals surface area (Å²) in [6.45, 7) is 5.89. The highest BCUT2D eigenvalue weighted by atomic mass is 79.9. The number of benzene rings is 2. The molecule has 7 nitrogen and oxygen atoms in total. The summed E-state index contributed by atoms with van der Waals surface area (Å²) in [5.41, 5.74) is 1.50. The number of hydrogen-bond donors (Lipinski definition) is 2. The molecule has 2 amide bonds. The fourth-order valence-electron chi connectivity index (χ4n) is 5.95. The lowest BCUT2D eigenvalue weighted by Crippen LogP contribution is -2.18. The molecule has 0 bridgehead atoms. The molecule has 0 aliphatic rings. The Balaban J connectivity index is 1.34. The Bertz CT molecular complexity index is 1280. The van der Waals surface area contributed by atoms with Crippen LogP contribution in [0.5, 0.6) is 11.5 Å². The summed E-state index contributed by atoms with van der Waals surface area (Å²) in [6, 6.07) is 17.8. The van der Waals surface area contributed by atoms with E-state index in [1.807, 2.05) is 48.5 Å². The highest BCUT2D eigenvalue weighted by molar-refractivity contribution is 9.10. The molecule has 0 atom stereocenters. The predicted octanol–water partition coefficient (Wildman–Crippen LogP) is 12.9. The molecule has 0 spiro atoms. The van der Waals surface area contributed by atoms with E-state index in [0.717, 1.165) is 24.3 Å². The standard InChI is InChI=1S/C43H62BrN3O4/c1-3-5-7-9-11-13-15-17-19-21-31-50-38-27-23-36(24-28-38)45-42(48)40-33-35(44)34-41(47-40)43(49)46-37-25-29-39(30-26-37)51-32-22-20-18-16-14-12-10-8-6-4-2/h23-30,33-34H,3-22,31-32H2,1-2H3,(H,45,48)(H,46,49). The zero-order chi connectivity index (χ0) is 36.4. The highest BCUT2D eigenvalue weighted by Gasteiger charge is 2.15. The molecular formula is C43H62BrN3O4. The third-order valence-electron chi connectivity index (χ3n) is 9.01. The smallest absolute Gasteiger partial charge is 0.274 e. The molecule has 2 N–H and O–H groups in total. The van der Waals surface area contributed by atoms with E-state index in [4.69, 9.17) is 9.47 Å². The fraction of sp³-hybridized carbons (Fsp3) is 0.558. The summed E-state index contributed by atoms with van der Waals surface area (Å²) < 4.78 is 12.4. The molecule has 280 valence electrons. The first kappa shape index (κ1) is 42.0. The molecule has 3 rings (SSSR count). The van der Waals surface area contributed by atoms with Crippen LogP contribution in [-0.2, 0) is 0 Å². The normalized spacial score (nSPS) is 11.0. The lowest BCUT2D eigenvalue weighted by Gasteiger charge is -2.10. The van der Waals surface area contributed by atoms with E-state index in [-0.39, 0.29) is 11.4 Å². The van der Waals surface area contributed by atoms with Crippen LogP contribution in [0.4, 0.5) is 11.4 Å². The Labute approximate surface area is 316 Å². The Morgan fingerprint density at radius 2 is 0.824 bits per heavy atom. The van der Waals surface area contributed by atoms with Gasteiger partial charge in [0.1, 0.15) is 22.9 Å². The van der Waals surface area contributed by atoms with Crippen molar-refractivity contribution in [2.24, 2.45) is 0 Å². The summed E-state index contributed by atoms with van der Waals surface area (Å²) in [7, 11) is 0. The van der Waals surface area contributed by atoms with Gasteiger partial charge in [-0.15, -0.1) is 0 Å². The van der Waals surface area contributed by atoms with Crippen molar-refractivity contribution in [3.8, 4) is 11.5 Å².